The molecule has 5 nitrogen and oxygen atoms in total. The largest absolute Gasteiger partial charge is 0.291 e. The normalized spacial score (nSPS) is 10.8. The van der Waals surface area contributed by atoms with Gasteiger partial charge in [-0.1, -0.05) is 19.1 Å². The zero-order chi connectivity index (χ0) is 15.4. The van der Waals surface area contributed by atoms with Gasteiger partial charge in [-0.2, -0.15) is 0 Å². The smallest absolute Gasteiger partial charge is 0.259 e. The van der Waals surface area contributed by atoms with E-state index in [2.05, 4.69) is 22.2 Å². The molecule has 112 valence electrons. The Morgan fingerprint density at radius 3 is 2.91 bits per heavy atom. The molecule has 3 rings (SSSR count). The van der Waals surface area contributed by atoms with E-state index in [9.17, 15) is 4.79 Å². The lowest BCUT2D eigenvalue weighted by molar-refractivity contribution is 0.102. The Hall–Kier alpha value is -2.34. The van der Waals surface area contributed by atoms with Crippen molar-refractivity contribution in [3.8, 4) is 0 Å². The van der Waals surface area contributed by atoms with Crippen molar-refractivity contribution in [1.29, 1.82) is 0 Å². The second-order valence-corrected chi connectivity index (χ2v) is 5.78. The molecule has 6 heteroatoms. The van der Waals surface area contributed by atoms with Gasteiger partial charge in [-0.25, -0.2) is 4.98 Å². The average Bonchev–Trinajstić information content (AvgIpc) is 2.91. The molecule has 0 saturated carbocycles. The number of hydrogen-bond acceptors (Lipinski definition) is 4. The zero-order valence-electron chi connectivity index (χ0n) is 12.2. The summed E-state index contributed by atoms with van der Waals surface area (Å²) in [5.41, 5.74) is 2.39. The molecule has 0 atom stereocenters. The Morgan fingerprint density at radius 1 is 1.27 bits per heavy atom. The molecule has 1 amide bonds. The van der Waals surface area contributed by atoms with Crippen LogP contribution in [0.4, 0.5) is 5.95 Å². The summed E-state index contributed by atoms with van der Waals surface area (Å²) in [5, 5.41) is 2.88. The van der Waals surface area contributed by atoms with Gasteiger partial charge in [0.05, 0.1) is 16.6 Å². The van der Waals surface area contributed by atoms with Gasteiger partial charge < -0.3 is 0 Å². The number of nitrogens with zero attached hydrogens (tertiary/aromatic N) is 3. The van der Waals surface area contributed by atoms with Gasteiger partial charge in [-0.05, 0) is 42.6 Å². The van der Waals surface area contributed by atoms with Gasteiger partial charge in [0.2, 0.25) is 5.95 Å². The number of imidazole rings is 1. The Balaban J connectivity index is 1.94. The first-order valence-corrected chi connectivity index (χ1v) is 8.06. The standard InChI is InChI=1S/C16H16N4OS/c1-2-10-22-20-14-8-4-3-7-13(14)18-16(20)19-15(21)12-6-5-9-17-11-12/h3-9,11H,2,10H2,1H3,(H,18,19,21). The molecule has 0 aliphatic rings. The van der Waals surface area contributed by atoms with Crippen molar-refractivity contribution in [2.45, 2.75) is 13.3 Å². The van der Waals surface area contributed by atoms with Crippen molar-refractivity contribution < 1.29 is 4.79 Å². The molecule has 0 spiro atoms. The summed E-state index contributed by atoms with van der Waals surface area (Å²) < 4.78 is 1.98. The Kier molecular flexibility index (Phi) is 4.39. The SMILES string of the molecule is CCCSn1c(NC(=O)c2cccnc2)nc2ccccc21. The zero-order valence-corrected chi connectivity index (χ0v) is 13.0. The molecule has 22 heavy (non-hydrogen) atoms. The van der Waals surface area contributed by atoms with E-state index in [1.54, 1.807) is 36.5 Å². The first kappa shape index (κ1) is 14.6. The van der Waals surface area contributed by atoms with Gasteiger partial charge in [0.15, 0.2) is 0 Å². The first-order chi connectivity index (χ1) is 10.8. The molecule has 0 bridgehead atoms. The average molecular weight is 312 g/mol. The van der Waals surface area contributed by atoms with Crippen LogP contribution in [0.3, 0.4) is 0 Å². The summed E-state index contributed by atoms with van der Waals surface area (Å²) in [6, 6.07) is 11.3. The van der Waals surface area contributed by atoms with Crippen molar-refractivity contribution in [3.63, 3.8) is 0 Å². The molecular weight excluding hydrogens is 296 g/mol. The number of para-hydroxylation sites is 2. The number of aromatic nitrogens is 3. The topological polar surface area (TPSA) is 59.8 Å². The monoisotopic (exact) mass is 312 g/mol. The van der Waals surface area contributed by atoms with Crippen molar-refractivity contribution >= 4 is 34.8 Å². The summed E-state index contributed by atoms with van der Waals surface area (Å²) in [7, 11) is 0. The van der Waals surface area contributed by atoms with Crippen LogP contribution < -0.4 is 5.32 Å². The number of amides is 1. The fraction of sp³-hybridized carbons (Fsp3) is 0.188. The van der Waals surface area contributed by atoms with Crippen LogP contribution >= 0.6 is 11.9 Å². The molecule has 1 N–H and O–H groups in total. The van der Waals surface area contributed by atoms with Crippen LogP contribution in [0.5, 0.6) is 0 Å². The number of fused-ring (bicyclic) bond motifs is 1. The predicted octanol–water partition coefficient (Wildman–Crippen LogP) is 3.59. The Morgan fingerprint density at radius 2 is 2.14 bits per heavy atom. The molecule has 0 fully saturated rings. The third kappa shape index (κ3) is 2.96. The van der Waals surface area contributed by atoms with Crippen LogP contribution in [-0.2, 0) is 0 Å². The van der Waals surface area contributed by atoms with E-state index in [4.69, 9.17) is 0 Å². The van der Waals surface area contributed by atoms with Crippen LogP contribution in [-0.4, -0.2) is 25.6 Å². The highest BCUT2D eigenvalue weighted by Gasteiger charge is 2.14. The maximum Gasteiger partial charge on any atom is 0.259 e. The molecule has 0 unspecified atom stereocenters. The molecule has 0 saturated heterocycles. The van der Waals surface area contributed by atoms with Gasteiger partial charge in [-0.15, -0.1) is 0 Å². The van der Waals surface area contributed by atoms with Crippen LogP contribution in [0.25, 0.3) is 11.0 Å². The summed E-state index contributed by atoms with van der Waals surface area (Å²) >= 11 is 1.64. The van der Waals surface area contributed by atoms with E-state index in [0.29, 0.717) is 11.5 Å². The maximum absolute atomic E-state index is 12.3. The molecule has 0 aliphatic carbocycles. The van der Waals surface area contributed by atoms with E-state index in [1.807, 2.05) is 28.2 Å². The van der Waals surface area contributed by atoms with Gasteiger partial charge in [0, 0.05) is 18.1 Å². The number of carbonyl (C=O) groups is 1. The highest BCUT2D eigenvalue weighted by molar-refractivity contribution is 7.98. The van der Waals surface area contributed by atoms with Crippen LogP contribution in [0, 0.1) is 0 Å². The second-order valence-electron chi connectivity index (χ2n) is 4.75. The van der Waals surface area contributed by atoms with Gasteiger partial charge >= 0.3 is 0 Å². The Bertz CT molecular complexity index is 785. The lowest BCUT2D eigenvalue weighted by Gasteiger charge is -2.08. The predicted molar refractivity (Wildman–Crippen MR) is 90.1 cm³/mol. The van der Waals surface area contributed by atoms with E-state index >= 15 is 0 Å². The van der Waals surface area contributed by atoms with Crippen LogP contribution in [0.1, 0.15) is 23.7 Å². The summed E-state index contributed by atoms with van der Waals surface area (Å²) in [6.07, 6.45) is 4.23. The molecule has 2 aromatic heterocycles. The lowest BCUT2D eigenvalue weighted by Crippen LogP contribution is -2.14. The van der Waals surface area contributed by atoms with Crippen molar-refractivity contribution in [1.82, 2.24) is 13.9 Å². The first-order valence-electron chi connectivity index (χ1n) is 7.11. The summed E-state index contributed by atoms with van der Waals surface area (Å²) in [6.45, 7) is 2.13. The van der Waals surface area contributed by atoms with E-state index in [0.717, 1.165) is 23.2 Å². The van der Waals surface area contributed by atoms with E-state index in [-0.39, 0.29) is 5.91 Å². The highest BCUT2D eigenvalue weighted by atomic mass is 32.2. The summed E-state index contributed by atoms with van der Waals surface area (Å²) in [5.74, 6) is 1.30. The van der Waals surface area contributed by atoms with E-state index < -0.39 is 0 Å². The van der Waals surface area contributed by atoms with Crippen molar-refractivity contribution in [2.75, 3.05) is 11.1 Å². The van der Waals surface area contributed by atoms with E-state index in [1.165, 1.54) is 0 Å². The van der Waals surface area contributed by atoms with Gasteiger partial charge in [0.25, 0.3) is 5.91 Å². The second kappa shape index (κ2) is 6.62. The molecule has 1 aromatic carbocycles. The molecule has 3 aromatic rings. The minimum absolute atomic E-state index is 0.207. The molecule has 2 heterocycles. The van der Waals surface area contributed by atoms with Crippen molar-refractivity contribution in [3.05, 3.63) is 54.4 Å². The number of anilines is 1. The van der Waals surface area contributed by atoms with Gasteiger partial charge in [0.1, 0.15) is 0 Å². The lowest BCUT2D eigenvalue weighted by atomic mass is 10.3. The van der Waals surface area contributed by atoms with Gasteiger partial charge in [-0.3, -0.25) is 19.1 Å². The highest BCUT2D eigenvalue weighted by Crippen LogP contribution is 2.25. The number of hydrogen-bond donors (Lipinski definition) is 1. The Labute approximate surface area is 132 Å². The third-order valence-electron chi connectivity index (χ3n) is 3.09. The molecule has 0 aliphatic heterocycles. The number of nitrogens with one attached hydrogen (secondary N) is 1. The molecule has 0 radical (unpaired) electrons. The van der Waals surface area contributed by atoms with Crippen molar-refractivity contribution in [2.24, 2.45) is 0 Å². The quantitative estimate of drug-likeness (QED) is 0.782. The van der Waals surface area contributed by atoms with Crippen LogP contribution in [0.15, 0.2) is 48.8 Å². The number of benzene rings is 1. The van der Waals surface area contributed by atoms with Crippen LogP contribution in [0.2, 0.25) is 0 Å². The molecular formula is C16H16N4OS. The third-order valence-corrected chi connectivity index (χ3v) is 4.31. The minimum Gasteiger partial charge on any atom is -0.291 e. The number of pyridine rings is 1. The fourth-order valence-electron chi connectivity index (χ4n) is 2.07. The number of rotatable bonds is 5. The summed E-state index contributed by atoms with van der Waals surface area (Å²) in [4.78, 5) is 20.8. The minimum atomic E-state index is -0.207. The number of carbonyl (C=O) groups excluding carboxylic acids is 1. The maximum atomic E-state index is 12.3. The fourth-order valence-corrected chi connectivity index (χ4v) is 2.93.